The van der Waals surface area contributed by atoms with Crippen molar-refractivity contribution in [1.82, 2.24) is 15.6 Å². The molecule has 6 nitrogen and oxygen atoms in total. The molecule has 1 aromatic carbocycles. The van der Waals surface area contributed by atoms with Crippen LogP contribution in [0, 0.1) is 0 Å². The van der Waals surface area contributed by atoms with Gasteiger partial charge in [0, 0.05) is 50.2 Å². The molecule has 0 saturated carbocycles. The van der Waals surface area contributed by atoms with E-state index >= 15 is 0 Å². The van der Waals surface area contributed by atoms with E-state index in [1.807, 2.05) is 43.3 Å². The summed E-state index contributed by atoms with van der Waals surface area (Å²) in [6, 6.07) is 11.7. The summed E-state index contributed by atoms with van der Waals surface area (Å²) >= 11 is 0. The predicted octanol–water partition coefficient (Wildman–Crippen LogP) is 2.51. The van der Waals surface area contributed by atoms with Crippen molar-refractivity contribution in [3.8, 4) is 0 Å². The molecule has 3 rings (SSSR count). The number of nitrogens with zero attached hydrogens (tertiary/aromatic N) is 2. The molecule has 0 radical (unpaired) electrons. The zero-order valence-corrected chi connectivity index (χ0v) is 15.6. The van der Waals surface area contributed by atoms with Gasteiger partial charge in [0.15, 0.2) is 0 Å². The van der Waals surface area contributed by atoms with E-state index in [1.54, 1.807) is 12.4 Å². The Morgan fingerprint density at radius 2 is 1.93 bits per heavy atom. The fourth-order valence-corrected chi connectivity index (χ4v) is 3.32. The van der Waals surface area contributed by atoms with Gasteiger partial charge in [-0.05, 0) is 36.6 Å². The van der Waals surface area contributed by atoms with Crippen LogP contribution in [-0.2, 0) is 11.3 Å². The van der Waals surface area contributed by atoms with Gasteiger partial charge >= 0.3 is 0 Å². The summed E-state index contributed by atoms with van der Waals surface area (Å²) in [4.78, 5) is 30.6. The number of carbonyl (C=O) groups excluding carboxylic acids is 2. The van der Waals surface area contributed by atoms with Crippen LogP contribution in [-0.4, -0.2) is 35.9 Å². The normalized spacial score (nSPS) is 14.6. The maximum atomic E-state index is 12.7. The second-order valence-corrected chi connectivity index (χ2v) is 6.74. The smallest absolute Gasteiger partial charge is 0.253 e. The summed E-state index contributed by atoms with van der Waals surface area (Å²) in [5.74, 6) is 0.0134. The molecular weight excluding hydrogens is 340 g/mol. The van der Waals surface area contributed by atoms with Crippen LogP contribution in [0.1, 0.15) is 42.1 Å². The Morgan fingerprint density at radius 1 is 1.15 bits per heavy atom. The second kappa shape index (κ2) is 9.16. The van der Waals surface area contributed by atoms with Crippen LogP contribution in [0.2, 0.25) is 0 Å². The zero-order chi connectivity index (χ0) is 19.1. The van der Waals surface area contributed by atoms with Crippen LogP contribution in [0.4, 0.5) is 5.69 Å². The Hall–Kier alpha value is -2.89. The van der Waals surface area contributed by atoms with E-state index in [4.69, 9.17) is 0 Å². The molecule has 1 saturated heterocycles. The first-order valence-corrected chi connectivity index (χ1v) is 9.48. The predicted molar refractivity (Wildman–Crippen MR) is 106 cm³/mol. The molecular formula is C21H26N4O2. The van der Waals surface area contributed by atoms with E-state index in [0.29, 0.717) is 18.5 Å². The third-order valence-corrected chi connectivity index (χ3v) is 4.85. The Labute approximate surface area is 160 Å². The first-order chi connectivity index (χ1) is 13.2. The number of nitrogens with one attached hydrogen (secondary N) is 2. The van der Waals surface area contributed by atoms with Crippen molar-refractivity contribution < 1.29 is 9.59 Å². The number of hydrogen-bond donors (Lipinski definition) is 2. The van der Waals surface area contributed by atoms with Crippen molar-refractivity contribution in [3.63, 3.8) is 0 Å². The van der Waals surface area contributed by atoms with Gasteiger partial charge in [0.05, 0.1) is 5.56 Å². The molecule has 2 amide bonds. The SMILES string of the molecule is CCC(=O)NC1CCN(c2ccccc2C(=O)NCc2cccnc2)CC1. The molecule has 1 fully saturated rings. The van der Waals surface area contributed by atoms with Gasteiger partial charge in [0.25, 0.3) is 5.91 Å². The molecule has 6 heteroatoms. The summed E-state index contributed by atoms with van der Waals surface area (Å²) in [5, 5.41) is 6.04. The second-order valence-electron chi connectivity index (χ2n) is 6.74. The molecule has 2 heterocycles. The maximum absolute atomic E-state index is 12.7. The number of pyridine rings is 1. The Bertz CT molecular complexity index is 771. The lowest BCUT2D eigenvalue weighted by molar-refractivity contribution is -0.121. The van der Waals surface area contributed by atoms with Gasteiger partial charge in [-0.2, -0.15) is 0 Å². The van der Waals surface area contributed by atoms with Crippen LogP contribution < -0.4 is 15.5 Å². The highest BCUT2D eigenvalue weighted by Crippen LogP contribution is 2.24. The number of carbonyl (C=O) groups is 2. The van der Waals surface area contributed by atoms with Crippen LogP contribution in [0.3, 0.4) is 0 Å². The summed E-state index contributed by atoms with van der Waals surface area (Å²) in [7, 11) is 0. The molecule has 1 aromatic heterocycles. The van der Waals surface area contributed by atoms with E-state index in [-0.39, 0.29) is 17.9 Å². The first kappa shape index (κ1) is 18.9. The standard InChI is InChI=1S/C21H26N4O2/c1-2-20(26)24-17-9-12-25(13-10-17)19-8-4-3-7-18(19)21(27)23-15-16-6-5-11-22-14-16/h3-8,11,14,17H,2,9-10,12-13,15H2,1H3,(H,23,27)(H,24,26). The molecule has 1 aliphatic heterocycles. The minimum atomic E-state index is -0.0872. The van der Waals surface area contributed by atoms with Crippen molar-refractivity contribution in [2.24, 2.45) is 0 Å². The number of rotatable bonds is 6. The number of amides is 2. The van der Waals surface area contributed by atoms with Crippen LogP contribution in [0.25, 0.3) is 0 Å². The molecule has 2 N–H and O–H groups in total. The average Bonchev–Trinajstić information content (AvgIpc) is 2.73. The lowest BCUT2D eigenvalue weighted by atomic mass is 10.0. The number of anilines is 1. The summed E-state index contributed by atoms with van der Waals surface area (Å²) in [5.41, 5.74) is 2.59. The molecule has 142 valence electrons. The molecule has 0 spiro atoms. The van der Waals surface area contributed by atoms with Crippen LogP contribution >= 0.6 is 0 Å². The summed E-state index contributed by atoms with van der Waals surface area (Å²) < 4.78 is 0. The van der Waals surface area contributed by atoms with E-state index in [2.05, 4.69) is 20.5 Å². The third-order valence-electron chi connectivity index (χ3n) is 4.85. The van der Waals surface area contributed by atoms with Gasteiger partial charge in [0.1, 0.15) is 0 Å². The van der Waals surface area contributed by atoms with Gasteiger partial charge in [-0.25, -0.2) is 0 Å². The fourth-order valence-electron chi connectivity index (χ4n) is 3.32. The maximum Gasteiger partial charge on any atom is 0.253 e. The van der Waals surface area contributed by atoms with Crippen molar-refractivity contribution in [1.29, 1.82) is 0 Å². The number of benzene rings is 1. The monoisotopic (exact) mass is 366 g/mol. The highest BCUT2D eigenvalue weighted by atomic mass is 16.2. The Balaban J connectivity index is 1.62. The Morgan fingerprint density at radius 3 is 2.63 bits per heavy atom. The fraction of sp³-hybridized carbons (Fsp3) is 0.381. The van der Waals surface area contributed by atoms with E-state index in [1.165, 1.54) is 0 Å². The molecule has 27 heavy (non-hydrogen) atoms. The number of piperidine rings is 1. The van der Waals surface area contributed by atoms with E-state index in [0.717, 1.165) is 37.2 Å². The lowest BCUT2D eigenvalue weighted by Crippen LogP contribution is -2.45. The van der Waals surface area contributed by atoms with E-state index < -0.39 is 0 Å². The Kier molecular flexibility index (Phi) is 6.41. The van der Waals surface area contributed by atoms with Gasteiger partial charge in [-0.15, -0.1) is 0 Å². The lowest BCUT2D eigenvalue weighted by Gasteiger charge is -2.34. The summed E-state index contributed by atoms with van der Waals surface area (Å²) in [6.07, 6.45) is 5.75. The number of aromatic nitrogens is 1. The molecule has 2 aromatic rings. The van der Waals surface area contributed by atoms with Crippen molar-refractivity contribution in [3.05, 3.63) is 59.9 Å². The summed E-state index contributed by atoms with van der Waals surface area (Å²) in [6.45, 7) is 3.96. The van der Waals surface area contributed by atoms with Crippen molar-refractivity contribution in [2.75, 3.05) is 18.0 Å². The molecule has 0 atom stereocenters. The van der Waals surface area contributed by atoms with Crippen molar-refractivity contribution >= 4 is 17.5 Å². The highest BCUT2D eigenvalue weighted by molar-refractivity contribution is 5.99. The minimum Gasteiger partial charge on any atom is -0.371 e. The topological polar surface area (TPSA) is 74.3 Å². The van der Waals surface area contributed by atoms with Gasteiger partial charge in [-0.3, -0.25) is 14.6 Å². The van der Waals surface area contributed by atoms with Crippen LogP contribution in [0.15, 0.2) is 48.8 Å². The molecule has 0 bridgehead atoms. The average molecular weight is 366 g/mol. The first-order valence-electron chi connectivity index (χ1n) is 9.48. The zero-order valence-electron chi connectivity index (χ0n) is 15.6. The largest absolute Gasteiger partial charge is 0.371 e. The highest BCUT2D eigenvalue weighted by Gasteiger charge is 2.23. The van der Waals surface area contributed by atoms with Crippen LogP contribution in [0.5, 0.6) is 0 Å². The molecule has 0 aliphatic carbocycles. The van der Waals surface area contributed by atoms with Gasteiger partial charge in [0.2, 0.25) is 5.91 Å². The van der Waals surface area contributed by atoms with E-state index in [9.17, 15) is 9.59 Å². The molecule has 1 aliphatic rings. The van der Waals surface area contributed by atoms with Gasteiger partial charge < -0.3 is 15.5 Å². The van der Waals surface area contributed by atoms with Crippen molar-refractivity contribution in [2.45, 2.75) is 38.8 Å². The minimum absolute atomic E-state index is 0.0872. The quantitative estimate of drug-likeness (QED) is 0.824. The third kappa shape index (κ3) is 5.06. The number of hydrogen-bond acceptors (Lipinski definition) is 4. The van der Waals surface area contributed by atoms with Gasteiger partial charge in [-0.1, -0.05) is 25.1 Å². The molecule has 0 unspecified atom stereocenters. The number of para-hydroxylation sites is 1.